The Labute approximate surface area is 71.7 Å². The van der Waals surface area contributed by atoms with Crippen molar-refractivity contribution < 1.29 is 0 Å². The molecule has 0 heterocycles. The normalized spacial score (nSPS) is 12.0. The average Bonchev–Trinajstić information content (AvgIpc) is 1.63. The molecule has 0 fully saturated rings. The molecule has 4 heteroatoms. The Morgan fingerprint density at radius 1 is 1.44 bits per heavy atom. The minimum absolute atomic E-state index is 1.01. The van der Waals surface area contributed by atoms with Gasteiger partial charge in [-0.1, -0.05) is 6.92 Å². The molecule has 0 amide bonds. The van der Waals surface area contributed by atoms with Gasteiger partial charge in [-0.05, 0) is 24.1 Å². The predicted molar refractivity (Wildman–Crippen MR) is 51.1 cm³/mol. The maximum atomic E-state index is 5.86. The molecule has 0 aliphatic carbocycles. The summed E-state index contributed by atoms with van der Waals surface area (Å²) in [6.07, 6.45) is 0. The Morgan fingerprint density at radius 2 is 2.00 bits per heavy atom. The second-order valence-electron chi connectivity index (χ2n) is 2.02. The maximum Gasteiger partial charge on any atom is 0.249 e. The van der Waals surface area contributed by atoms with Gasteiger partial charge in [-0.15, -0.1) is 22.2 Å². The Hall–Kier alpha value is 1.15. The molecule has 0 atom stereocenters. The van der Waals surface area contributed by atoms with Gasteiger partial charge in [0.25, 0.3) is 0 Å². The molecule has 0 aromatic carbocycles. The molecule has 0 radical (unpaired) electrons. The lowest BCUT2D eigenvalue weighted by molar-refractivity contribution is 1.42. The summed E-state index contributed by atoms with van der Waals surface area (Å²) in [5, 5.41) is 0. The van der Waals surface area contributed by atoms with Gasteiger partial charge in [0.15, 0.2) is 0 Å². The van der Waals surface area contributed by atoms with Crippen molar-refractivity contribution in [3.05, 3.63) is 0 Å². The van der Waals surface area contributed by atoms with Gasteiger partial charge >= 0.3 is 0 Å². The van der Waals surface area contributed by atoms with E-state index in [4.69, 9.17) is 22.2 Å². The highest BCUT2D eigenvalue weighted by molar-refractivity contribution is 7.99. The smallest absolute Gasteiger partial charge is 0.163 e. The van der Waals surface area contributed by atoms with Crippen LogP contribution in [0.15, 0.2) is 0 Å². The molecule has 0 saturated heterocycles. The lowest BCUT2D eigenvalue weighted by atomic mass is 10.9. The van der Waals surface area contributed by atoms with Gasteiger partial charge in [-0.25, -0.2) is 0 Å². The first-order valence-electron chi connectivity index (χ1n) is 3.02. The molecule has 0 aromatic rings. The molecule has 0 spiro atoms. The van der Waals surface area contributed by atoms with Crippen molar-refractivity contribution in [2.24, 2.45) is 0 Å². The first-order valence-corrected chi connectivity index (χ1v) is 8.90. The minimum Gasteiger partial charge on any atom is -0.163 e. The fourth-order valence-corrected chi connectivity index (χ4v) is 4.08. The zero-order valence-electron chi connectivity index (χ0n) is 5.79. The van der Waals surface area contributed by atoms with E-state index in [1.807, 2.05) is 18.3 Å². The van der Waals surface area contributed by atoms with Crippen LogP contribution in [0.2, 0.25) is 12.6 Å². The topological polar surface area (TPSA) is 0 Å². The van der Waals surface area contributed by atoms with E-state index >= 15 is 0 Å². The van der Waals surface area contributed by atoms with Crippen molar-refractivity contribution in [3.63, 3.8) is 0 Å². The Morgan fingerprint density at radius 3 is 2.33 bits per heavy atom. The molecule has 0 rings (SSSR count). The summed E-state index contributed by atoms with van der Waals surface area (Å²) >= 11 is 13.6. The third-order valence-corrected chi connectivity index (χ3v) is 4.41. The average molecular weight is 203 g/mol. The summed E-state index contributed by atoms with van der Waals surface area (Å²) in [5.74, 6) is 2.28. The van der Waals surface area contributed by atoms with Crippen LogP contribution in [0.5, 0.6) is 0 Å². The number of hydrogen-bond donors (Lipinski definition) is 0. The Bertz CT molecular complexity index is 71.8. The van der Waals surface area contributed by atoms with Crippen LogP contribution < -0.4 is 0 Å². The standard InChI is InChI=1S/C5H12Cl2SSi/c1-3-8-4-5-9(2,6)7/h3-5H2,1-2H3. The number of thioether (sulfide) groups is 1. The number of hydrogen-bond acceptors (Lipinski definition) is 1. The lowest BCUT2D eigenvalue weighted by Gasteiger charge is -2.07. The fourth-order valence-electron chi connectivity index (χ4n) is 0.396. The van der Waals surface area contributed by atoms with Crippen LogP contribution in [-0.4, -0.2) is 18.2 Å². The molecular weight excluding hydrogens is 191 g/mol. The molecular formula is C5H12Cl2SSi. The molecule has 56 valence electrons. The summed E-state index contributed by atoms with van der Waals surface area (Å²) in [6.45, 7) is 2.34. The fraction of sp³-hybridized carbons (Fsp3) is 1.00. The predicted octanol–water partition coefficient (Wildman–Crippen LogP) is 3.29. The Kier molecular flexibility index (Phi) is 5.51. The van der Waals surface area contributed by atoms with Gasteiger partial charge in [0.05, 0.1) is 0 Å². The van der Waals surface area contributed by atoms with Crippen molar-refractivity contribution in [2.75, 3.05) is 11.5 Å². The van der Waals surface area contributed by atoms with Gasteiger partial charge in [0, 0.05) is 0 Å². The summed E-state index contributed by atoms with van der Waals surface area (Å²) in [7, 11) is 0. The van der Waals surface area contributed by atoms with Gasteiger partial charge in [0.2, 0.25) is 6.69 Å². The number of halogens is 2. The van der Waals surface area contributed by atoms with Gasteiger partial charge in [-0.3, -0.25) is 0 Å². The van der Waals surface area contributed by atoms with Crippen molar-refractivity contribution in [3.8, 4) is 0 Å². The third-order valence-electron chi connectivity index (χ3n) is 0.890. The Balaban J connectivity index is 3.07. The van der Waals surface area contributed by atoms with Crippen molar-refractivity contribution in [1.82, 2.24) is 0 Å². The van der Waals surface area contributed by atoms with E-state index in [1.165, 1.54) is 0 Å². The second kappa shape index (κ2) is 4.89. The zero-order valence-corrected chi connectivity index (χ0v) is 9.11. The van der Waals surface area contributed by atoms with E-state index in [-0.39, 0.29) is 0 Å². The SMILES string of the molecule is CCSCC[Si](C)(Cl)Cl. The molecule has 0 unspecified atom stereocenters. The van der Waals surface area contributed by atoms with Crippen molar-refractivity contribution in [1.29, 1.82) is 0 Å². The third kappa shape index (κ3) is 9.15. The molecule has 0 aromatic heterocycles. The van der Waals surface area contributed by atoms with Gasteiger partial charge in [0.1, 0.15) is 0 Å². The van der Waals surface area contributed by atoms with Crippen LogP contribution in [0.1, 0.15) is 6.92 Å². The minimum atomic E-state index is -1.77. The van der Waals surface area contributed by atoms with E-state index in [9.17, 15) is 0 Å². The van der Waals surface area contributed by atoms with Crippen LogP contribution in [0.3, 0.4) is 0 Å². The zero-order chi connectivity index (χ0) is 7.33. The van der Waals surface area contributed by atoms with E-state index in [0.717, 1.165) is 17.5 Å². The van der Waals surface area contributed by atoms with Crippen LogP contribution in [-0.2, 0) is 0 Å². The lowest BCUT2D eigenvalue weighted by Crippen LogP contribution is -2.12. The molecule has 0 bridgehead atoms. The molecule has 0 nitrogen and oxygen atoms in total. The van der Waals surface area contributed by atoms with Gasteiger partial charge in [-0.2, -0.15) is 11.8 Å². The van der Waals surface area contributed by atoms with Crippen molar-refractivity contribution in [2.45, 2.75) is 19.5 Å². The summed E-state index contributed by atoms with van der Waals surface area (Å²) in [6, 6.07) is 1.01. The first-order chi connectivity index (χ1) is 4.06. The summed E-state index contributed by atoms with van der Waals surface area (Å²) in [4.78, 5) is 0. The van der Waals surface area contributed by atoms with E-state index < -0.39 is 6.69 Å². The maximum absolute atomic E-state index is 5.86. The molecule has 0 N–H and O–H groups in total. The molecule has 0 aliphatic heterocycles. The second-order valence-corrected chi connectivity index (χ2v) is 11.6. The highest BCUT2D eigenvalue weighted by Gasteiger charge is 2.19. The van der Waals surface area contributed by atoms with Crippen LogP contribution in [0.25, 0.3) is 0 Å². The highest BCUT2D eigenvalue weighted by Crippen LogP contribution is 2.21. The molecule has 9 heavy (non-hydrogen) atoms. The quantitative estimate of drug-likeness (QED) is 0.384. The van der Waals surface area contributed by atoms with E-state index in [1.54, 1.807) is 0 Å². The largest absolute Gasteiger partial charge is 0.249 e. The first kappa shape index (κ1) is 10.1. The molecule has 0 saturated carbocycles. The van der Waals surface area contributed by atoms with Crippen molar-refractivity contribution >= 4 is 40.6 Å². The highest BCUT2D eigenvalue weighted by atomic mass is 35.7. The van der Waals surface area contributed by atoms with Gasteiger partial charge < -0.3 is 0 Å². The van der Waals surface area contributed by atoms with E-state index in [0.29, 0.717) is 0 Å². The monoisotopic (exact) mass is 202 g/mol. The van der Waals surface area contributed by atoms with Crippen LogP contribution in [0, 0.1) is 0 Å². The van der Waals surface area contributed by atoms with Crippen LogP contribution in [0.4, 0.5) is 0 Å². The summed E-state index contributed by atoms with van der Waals surface area (Å²) in [5.41, 5.74) is 0. The van der Waals surface area contributed by atoms with Crippen LogP contribution >= 0.6 is 33.9 Å². The van der Waals surface area contributed by atoms with E-state index in [2.05, 4.69) is 6.92 Å². The molecule has 0 aliphatic rings. The number of rotatable bonds is 4. The summed E-state index contributed by atoms with van der Waals surface area (Å²) < 4.78 is 0.